The van der Waals surface area contributed by atoms with E-state index >= 15 is 0 Å². The number of carbonyl (C=O) groups excluding carboxylic acids is 2. The van der Waals surface area contributed by atoms with Crippen molar-refractivity contribution in [2.75, 3.05) is 7.11 Å². The van der Waals surface area contributed by atoms with Crippen LogP contribution < -0.4 is 10.6 Å². The molecule has 0 saturated carbocycles. The molecule has 7 heteroatoms. The summed E-state index contributed by atoms with van der Waals surface area (Å²) in [7, 11) is 1.28. The number of methoxy groups -OCH3 is 1. The Morgan fingerprint density at radius 1 is 1.40 bits per heavy atom. The van der Waals surface area contributed by atoms with Gasteiger partial charge in [0.2, 0.25) is 5.91 Å². The molecular weight excluding hydrogens is 344 g/mol. The Bertz CT molecular complexity index is 462. The van der Waals surface area contributed by atoms with Gasteiger partial charge in [0.1, 0.15) is 6.04 Å². The Morgan fingerprint density at radius 2 is 2.10 bits per heavy atom. The molecule has 1 aromatic rings. The third-order valence-corrected chi connectivity index (χ3v) is 4.19. The third-order valence-electron chi connectivity index (χ3n) is 2.57. The van der Waals surface area contributed by atoms with E-state index in [-0.39, 0.29) is 5.91 Å². The van der Waals surface area contributed by atoms with Crippen molar-refractivity contribution in [3.8, 4) is 0 Å². The molecule has 112 valence electrons. The number of carbonyl (C=O) groups is 2. The first kappa shape index (κ1) is 17.0. The van der Waals surface area contributed by atoms with Gasteiger partial charge in [-0.25, -0.2) is 4.79 Å². The molecule has 0 radical (unpaired) electrons. The second-order valence-corrected chi connectivity index (χ2v) is 7.29. The van der Waals surface area contributed by atoms with Crippen LogP contribution in [0.5, 0.6) is 0 Å². The average molecular weight is 363 g/mol. The van der Waals surface area contributed by atoms with E-state index in [1.807, 2.05) is 26.0 Å². The van der Waals surface area contributed by atoms with E-state index < -0.39 is 12.1 Å². The SMILES string of the molecule is COC(=O)NC(CC(C)C)C(=O)NCc1ccc(Br)s1. The molecule has 1 heterocycles. The van der Waals surface area contributed by atoms with Gasteiger partial charge in [-0.3, -0.25) is 4.79 Å². The lowest BCUT2D eigenvalue weighted by Crippen LogP contribution is -2.47. The number of hydrogen-bond donors (Lipinski definition) is 2. The lowest BCUT2D eigenvalue weighted by atomic mass is 10.0. The van der Waals surface area contributed by atoms with Gasteiger partial charge in [0.15, 0.2) is 0 Å². The minimum absolute atomic E-state index is 0.200. The number of thiophene rings is 1. The fourth-order valence-corrected chi connectivity index (χ4v) is 3.07. The number of rotatable bonds is 6. The second kappa shape index (κ2) is 8.26. The summed E-state index contributed by atoms with van der Waals surface area (Å²) < 4.78 is 5.57. The van der Waals surface area contributed by atoms with E-state index in [1.54, 1.807) is 11.3 Å². The maximum absolute atomic E-state index is 12.1. The first-order valence-electron chi connectivity index (χ1n) is 6.28. The van der Waals surface area contributed by atoms with Crippen molar-refractivity contribution >= 4 is 39.3 Å². The van der Waals surface area contributed by atoms with E-state index in [2.05, 4.69) is 31.3 Å². The summed E-state index contributed by atoms with van der Waals surface area (Å²) in [6, 6.07) is 3.30. The smallest absolute Gasteiger partial charge is 0.407 e. The summed E-state index contributed by atoms with van der Waals surface area (Å²) in [5.74, 6) is 0.0902. The Morgan fingerprint density at radius 3 is 2.60 bits per heavy atom. The molecule has 20 heavy (non-hydrogen) atoms. The van der Waals surface area contributed by atoms with Crippen molar-refractivity contribution in [1.29, 1.82) is 0 Å². The van der Waals surface area contributed by atoms with Crippen LogP contribution in [-0.4, -0.2) is 25.2 Å². The molecule has 1 atom stereocenters. The van der Waals surface area contributed by atoms with Crippen LogP contribution in [0.1, 0.15) is 25.1 Å². The Labute approximate surface area is 131 Å². The molecule has 1 unspecified atom stereocenters. The zero-order valence-electron chi connectivity index (χ0n) is 11.7. The van der Waals surface area contributed by atoms with Gasteiger partial charge in [-0.05, 0) is 40.4 Å². The highest BCUT2D eigenvalue weighted by atomic mass is 79.9. The van der Waals surface area contributed by atoms with Gasteiger partial charge in [-0.15, -0.1) is 11.3 Å². The lowest BCUT2D eigenvalue weighted by molar-refractivity contribution is -0.123. The first-order chi connectivity index (χ1) is 9.42. The van der Waals surface area contributed by atoms with Gasteiger partial charge in [0.25, 0.3) is 0 Å². The number of hydrogen-bond acceptors (Lipinski definition) is 4. The van der Waals surface area contributed by atoms with Gasteiger partial charge >= 0.3 is 6.09 Å². The highest BCUT2D eigenvalue weighted by molar-refractivity contribution is 9.11. The van der Waals surface area contributed by atoms with Crippen LogP contribution in [0.25, 0.3) is 0 Å². The van der Waals surface area contributed by atoms with Crippen LogP contribution in [0.15, 0.2) is 15.9 Å². The monoisotopic (exact) mass is 362 g/mol. The number of ether oxygens (including phenoxy) is 1. The molecular formula is C13H19BrN2O3S. The van der Waals surface area contributed by atoms with Crippen molar-refractivity contribution in [1.82, 2.24) is 10.6 Å². The average Bonchev–Trinajstić information content (AvgIpc) is 2.80. The Hall–Kier alpha value is -1.08. The molecule has 0 aliphatic carbocycles. The van der Waals surface area contributed by atoms with Gasteiger partial charge < -0.3 is 15.4 Å². The van der Waals surface area contributed by atoms with Crippen LogP contribution in [0.2, 0.25) is 0 Å². The molecule has 0 spiro atoms. The molecule has 0 aliphatic heterocycles. The van der Waals surface area contributed by atoms with E-state index in [4.69, 9.17) is 0 Å². The molecule has 0 bridgehead atoms. The van der Waals surface area contributed by atoms with Crippen molar-refractivity contribution in [2.24, 2.45) is 5.92 Å². The van der Waals surface area contributed by atoms with E-state index in [0.717, 1.165) is 8.66 Å². The molecule has 2 amide bonds. The summed E-state index contributed by atoms with van der Waals surface area (Å²) in [5.41, 5.74) is 0. The predicted octanol–water partition coefficient (Wildman–Crippen LogP) is 2.90. The fourth-order valence-electron chi connectivity index (χ4n) is 1.65. The molecule has 1 rings (SSSR count). The van der Waals surface area contributed by atoms with Gasteiger partial charge in [0, 0.05) is 4.88 Å². The summed E-state index contributed by atoms with van der Waals surface area (Å²) >= 11 is 4.94. The van der Waals surface area contributed by atoms with Crippen molar-refractivity contribution in [2.45, 2.75) is 32.9 Å². The Kier molecular flexibility index (Phi) is 7.01. The van der Waals surface area contributed by atoms with Gasteiger partial charge in [-0.1, -0.05) is 13.8 Å². The first-order valence-corrected chi connectivity index (χ1v) is 7.89. The van der Waals surface area contributed by atoms with E-state index in [0.29, 0.717) is 18.9 Å². The summed E-state index contributed by atoms with van der Waals surface area (Å²) in [4.78, 5) is 24.4. The quantitative estimate of drug-likeness (QED) is 0.817. The summed E-state index contributed by atoms with van der Waals surface area (Å²) in [5, 5.41) is 5.39. The maximum Gasteiger partial charge on any atom is 0.407 e. The maximum atomic E-state index is 12.1. The Balaban J connectivity index is 2.55. The molecule has 1 aromatic heterocycles. The summed E-state index contributed by atoms with van der Waals surface area (Å²) in [6.07, 6.45) is -0.0283. The van der Waals surface area contributed by atoms with Crippen molar-refractivity contribution < 1.29 is 14.3 Å². The topological polar surface area (TPSA) is 67.4 Å². The van der Waals surface area contributed by atoms with Gasteiger partial charge in [-0.2, -0.15) is 0 Å². The van der Waals surface area contributed by atoms with Crippen molar-refractivity contribution in [3.63, 3.8) is 0 Å². The predicted molar refractivity (Wildman–Crippen MR) is 82.6 cm³/mol. The molecule has 2 N–H and O–H groups in total. The van der Waals surface area contributed by atoms with Crippen LogP contribution in [-0.2, 0) is 16.1 Å². The molecule has 0 saturated heterocycles. The van der Waals surface area contributed by atoms with E-state index in [9.17, 15) is 9.59 Å². The van der Waals surface area contributed by atoms with Gasteiger partial charge in [0.05, 0.1) is 17.4 Å². The van der Waals surface area contributed by atoms with Crippen LogP contribution in [0.4, 0.5) is 4.79 Å². The van der Waals surface area contributed by atoms with Crippen LogP contribution in [0, 0.1) is 5.92 Å². The second-order valence-electron chi connectivity index (χ2n) is 4.74. The minimum Gasteiger partial charge on any atom is -0.453 e. The van der Waals surface area contributed by atoms with E-state index in [1.165, 1.54) is 7.11 Å². The number of nitrogens with one attached hydrogen (secondary N) is 2. The molecule has 0 fully saturated rings. The molecule has 0 aromatic carbocycles. The fraction of sp³-hybridized carbons (Fsp3) is 0.538. The number of amides is 2. The third kappa shape index (κ3) is 5.92. The zero-order valence-corrected chi connectivity index (χ0v) is 14.1. The number of halogens is 1. The minimum atomic E-state index is -0.593. The standard InChI is InChI=1S/C13H19BrN2O3S/c1-8(2)6-10(16-13(18)19-3)12(17)15-7-9-4-5-11(14)20-9/h4-5,8,10H,6-7H2,1-3H3,(H,15,17)(H,16,18). The number of alkyl carbamates (subject to hydrolysis) is 1. The lowest BCUT2D eigenvalue weighted by Gasteiger charge is -2.19. The largest absolute Gasteiger partial charge is 0.453 e. The van der Waals surface area contributed by atoms with Crippen LogP contribution >= 0.6 is 27.3 Å². The zero-order chi connectivity index (χ0) is 15.1. The molecule has 5 nitrogen and oxygen atoms in total. The summed E-state index contributed by atoms with van der Waals surface area (Å²) in [6.45, 7) is 4.44. The molecule has 0 aliphatic rings. The highest BCUT2D eigenvalue weighted by Gasteiger charge is 2.22. The normalized spacial score (nSPS) is 12.1. The van der Waals surface area contributed by atoms with Crippen LogP contribution in [0.3, 0.4) is 0 Å². The highest BCUT2D eigenvalue weighted by Crippen LogP contribution is 2.21. The van der Waals surface area contributed by atoms with Crippen molar-refractivity contribution in [3.05, 3.63) is 20.8 Å².